The number of hydrogen-bond donors (Lipinski definition) is 1. The fourth-order valence-corrected chi connectivity index (χ4v) is 2.43. The standard InChI is InChI=1S/C14H27NO2/c1-2-17-12-11-15-14(16)13-9-7-5-3-4-6-8-10-13/h13H,2-12H2,1H3,(H,15,16). The number of rotatable bonds is 5. The van der Waals surface area contributed by atoms with Crippen molar-refractivity contribution in [3.05, 3.63) is 0 Å². The van der Waals surface area contributed by atoms with Crippen molar-refractivity contribution < 1.29 is 9.53 Å². The van der Waals surface area contributed by atoms with Crippen molar-refractivity contribution in [1.82, 2.24) is 5.32 Å². The van der Waals surface area contributed by atoms with Gasteiger partial charge in [0, 0.05) is 19.1 Å². The number of nitrogens with one attached hydrogen (secondary N) is 1. The molecule has 3 nitrogen and oxygen atoms in total. The zero-order chi connectivity index (χ0) is 12.3. The highest BCUT2D eigenvalue weighted by atomic mass is 16.5. The average molecular weight is 241 g/mol. The van der Waals surface area contributed by atoms with Crippen LogP contribution in [0.2, 0.25) is 0 Å². The van der Waals surface area contributed by atoms with E-state index in [1.807, 2.05) is 6.92 Å². The summed E-state index contributed by atoms with van der Waals surface area (Å²) in [7, 11) is 0. The van der Waals surface area contributed by atoms with Gasteiger partial charge < -0.3 is 10.1 Å². The normalized spacial score (nSPS) is 19.1. The Morgan fingerprint density at radius 3 is 2.29 bits per heavy atom. The molecule has 1 aliphatic rings. The second kappa shape index (κ2) is 9.46. The smallest absolute Gasteiger partial charge is 0.223 e. The minimum absolute atomic E-state index is 0.242. The predicted molar refractivity (Wildman–Crippen MR) is 69.9 cm³/mol. The van der Waals surface area contributed by atoms with Gasteiger partial charge in [-0.3, -0.25) is 4.79 Å². The van der Waals surface area contributed by atoms with Gasteiger partial charge in [0.1, 0.15) is 0 Å². The van der Waals surface area contributed by atoms with Gasteiger partial charge in [0.25, 0.3) is 0 Å². The van der Waals surface area contributed by atoms with Crippen molar-refractivity contribution in [3.63, 3.8) is 0 Å². The molecule has 100 valence electrons. The molecule has 1 saturated carbocycles. The van der Waals surface area contributed by atoms with Crippen molar-refractivity contribution in [2.45, 2.75) is 58.3 Å². The Morgan fingerprint density at radius 1 is 1.12 bits per heavy atom. The van der Waals surface area contributed by atoms with E-state index in [9.17, 15) is 4.79 Å². The van der Waals surface area contributed by atoms with Crippen molar-refractivity contribution in [2.24, 2.45) is 5.92 Å². The summed E-state index contributed by atoms with van der Waals surface area (Å²) in [5.74, 6) is 0.487. The van der Waals surface area contributed by atoms with E-state index in [-0.39, 0.29) is 11.8 Å². The second-order valence-corrected chi connectivity index (χ2v) is 4.88. The number of carbonyl (C=O) groups excluding carboxylic acids is 1. The first kappa shape index (κ1) is 14.5. The molecular formula is C14H27NO2. The van der Waals surface area contributed by atoms with Crippen LogP contribution in [-0.2, 0) is 9.53 Å². The molecule has 17 heavy (non-hydrogen) atoms. The van der Waals surface area contributed by atoms with Crippen LogP contribution in [0.1, 0.15) is 58.3 Å². The van der Waals surface area contributed by atoms with Gasteiger partial charge in [-0.2, -0.15) is 0 Å². The molecule has 0 aromatic rings. The molecular weight excluding hydrogens is 214 g/mol. The van der Waals surface area contributed by atoms with Gasteiger partial charge in [-0.15, -0.1) is 0 Å². The monoisotopic (exact) mass is 241 g/mol. The number of carbonyl (C=O) groups is 1. The van der Waals surface area contributed by atoms with Crippen LogP contribution in [0.5, 0.6) is 0 Å². The Morgan fingerprint density at radius 2 is 1.71 bits per heavy atom. The second-order valence-electron chi connectivity index (χ2n) is 4.88. The Hall–Kier alpha value is -0.570. The Balaban J connectivity index is 2.21. The zero-order valence-electron chi connectivity index (χ0n) is 11.2. The Bertz CT molecular complexity index is 196. The van der Waals surface area contributed by atoms with E-state index in [0.717, 1.165) is 19.4 Å². The predicted octanol–water partition coefficient (Wildman–Crippen LogP) is 2.89. The van der Waals surface area contributed by atoms with E-state index in [0.29, 0.717) is 13.2 Å². The van der Waals surface area contributed by atoms with Gasteiger partial charge in [0.05, 0.1) is 6.61 Å². The molecule has 0 aromatic heterocycles. The summed E-state index contributed by atoms with van der Waals surface area (Å²) in [6.45, 7) is 3.98. The molecule has 3 heteroatoms. The largest absolute Gasteiger partial charge is 0.380 e. The van der Waals surface area contributed by atoms with Gasteiger partial charge in [-0.1, -0.05) is 38.5 Å². The summed E-state index contributed by atoms with van der Waals surface area (Å²) in [5, 5.41) is 2.99. The van der Waals surface area contributed by atoms with Crippen molar-refractivity contribution in [2.75, 3.05) is 19.8 Å². The number of amides is 1. The van der Waals surface area contributed by atoms with Gasteiger partial charge in [0.15, 0.2) is 0 Å². The lowest BCUT2D eigenvalue weighted by molar-refractivity contribution is -0.125. The molecule has 0 saturated heterocycles. The van der Waals surface area contributed by atoms with Crippen LogP contribution in [0.25, 0.3) is 0 Å². The third-order valence-electron chi connectivity index (χ3n) is 3.48. The summed E-state index contributed by atoms with van der Waals surface area (Å²) >= 11 is 0. The van der Waals surface area contributed by atoms with Crippen LogP contribution in [0.3, 0.4) is 0 Å². The maximum Gasteiger partial charge on any atom is 0.223 e. The van der Waals surface area contributed by atoms with Gasteiger partial charge in [0.2, 0.25) is 5.91 Å². The van der Waals surface area contributed by atoms with E-state index in [2.05, 4.69) is 5.32 Å². The third kappa shape index (κ3) is 6.67. The highest BCUT2D eigenvalue weighted by Gasteiger charge is 2.18. The van der Waals surface area contributed by atoms with Crippen molar-refractivity contribution >= 4 is 5.91 Å². The van der Waals surface area contributed by atoms with Gasteiger partial charge >= 0.3 is 0 Å². The summed E-state index contributed by atoms with van der Waals surface area (Å²) in [5.41, 5.74) is 0. The van der Waals surface area contributed by atoms with E-state index < -0.39 is 0 Å². The first-order valence-corrected chi connectivity index (χ1v) is 7.20. The summed E-state index contributed by atoms with van der Waals surface area (Å²) in [6.07, 6.45) is 9.84. The fraction of sp³-hybridized carbons (Fsp3) is 0.929. The molecule has 0 aromatic carbocycles. The van der Waals surface area contributed by atoms with Crippen LogP contribution < -0.4 is 5.32 Å². The lowest BCUT2D eigenvalue weighted by Crippen LogP contribution is -2.33. The molecule has 1 aliphatic carbocycles. The first-order valence-electron chi connectivity index (χ1n) is 7.20. The van der Waals surface area contributed by atoms with E-state index in [4.69, 9.17) is 4.74 Å². The van der Waals surface area contributed by atoms with Gasteiger partial charge in [-0.05, 0) is 19.8 Å². The molecule has 0 radical (unpaired) electrons. The molecule has 1 amide bonds. The lowest BCUT2D eigenvalue weighted by Gasteiger charge is -2.15. The topological polar surface area (TPSA) is 38.3 Å². The molecule has 0 bridgehead atoms. The third-order valence-corrected chi connectivity index (χ3v) is 3.48. The van der Waals surface area contributed by atoms with Crippen LogP contribution in [0.4, 0.5) is 0 Å². The molecule has 0 unspecified atom stereocenters. The lowest BCUT2D eigenvalue weighted by atomic mass is 9.96. The minimum Gasteiger partial charge on any atom is -0.380 e. The van der Waals surface area contributed by atoms with E-state index >= 15 is 0 Å². The number of ether oxygens (including phenoxy) is 1. The molecule has 0 atom stereocenters. The van der Waals surface area contributed by atoms with Gasteiger partial charge in [-0.25, -0.2) is 0 Å². The van der Waals surface area contributed by atoms with Crippen LogP contribution in [-0.4, -0.2) is 25.7 Å². The molecule has 1 fully saturated rings. The highest BCUT2D eigenvalue weighted by Crippen LogP contribution is 2.21. The quantitative estimate of drug-likeness (QED) is 0.752. The molecule has 0 heterocycles. The Kier molecular flexibility index (Phi) is 8.06. The summed E-state index contributed by atoms with van der Waals surface area (Å²) in [6, 6.07) is 0. The van der Waals surface area contributed by atoms with Crippen LogP contribution >= 0.6 is 0 Å². The molecule has 0 aliphatic heterocycles. The molecule has 1 N–H and O–H groups in total. The minimum atomic E-state index is 0.242. The SMILES string of the molecule is CCOCCNC(=O)C1CCCCCCCC1. The first-order chi connectivity index (χ1) is 8.34. The highest BCUT2D eigenvalue weighted by molar-refractivity contribution is 5.78. The van der Waals surface area contributed by atoms with Crippen molar-refractivity contribution in [1.29, 1.82) is 0 Å². The molecule has 0 spiro atoms. The maximum absolute atomic E-state index is 12.0. The summed E-state index contributed by atoms with van der Waals surface area (Å²) in [4.78, 5) is 12.0. The van der Waals surface area contributed by atoms with Crippen LogP contribution in [0.15, 0.2) is 0 Å². The maximum atomic E-state index is 12.0. The van der Waals surface area contributed by atoms with E-state index in [1.165, 1.54) is 38.5 Å². The summed E-state index contributed by atoms with van der Waals surface area (Å²) < 4.78 is 5.22. The molecule has 1 rings (SSSR count). The Labute approximate surface area is 105 Å². The van der Waals surface area contributed by atoms with Crippen LogP contribution in [0, 0.1) is 5.92 Å². The number of hydrogen-bond acceptors (Lipinski definition) is 2. The fourth-order valence-electron chi connectivity index (χ4n) is 2.43. The van der Waals surface area contributed by atoms with Crippen molar-refractivity contribution in [3.8, 4) is 0 Å². The van der Waals surface area contributed by atoms with E-state index in [1.54, 1.807) is 0 Å². The zero-order valence-corrected chi connectivity index (χ0v) is 11.2. The average Bonchev–Trinajstić information content (AvgIpc) is 2.47.